The van der Waals surface area contributed by atoms with Crippen LogP contribution in [0, 0.1) is 32.9 Å². The molecule has 0 atom stereocenters. The van der Waals surface area contributed by atoms with Crippen molar-refractivity contribution < 1.29 is 25.8 Å². The van der Waals surface area contributed by atoms with Gasteiger partial charge in [0.2, 0.25) is 0 Å². The van der Waals surface area contributed by atoms with Gasteiger partial charge in [-0.25, -0.2) is 4.98 Å². The molecule has 0 radical (unpaired) electrons. The van der Waals surface area contributed by atoms with E-state index >= 15 is 0 Å². The fourth-order valence-electron chi connectivity index (χ4n) is 7.79. The Balaban J connectivity index is 0.00000441. The number of para-hydroxylation sites is 1. The molecule has 3 heterocycles. The normalized spacial score (nSPS) is 11.3. The topological polar surface area (TPSA) is 44.9 Å². The number of aromatic nitrogens is 4. The zero-order valence-corrected chi connectivity index (χ0v) is 34.2. The van der Waals surface area contributed by atoms with Crippen LogP contribution in [0.3, 0.4) is 0 Å². The van der Waals surface area contributed by atoms with Crippen molar-refractivity contribution in [2.45, 2.75) is 40.5 Å². The van der Waals surface area contributed by atoms with Crippen molar-refractivity contribution in [3.63, 3.8) is 0 Å². The van der Waals surface area contributed by atoms with E-state index in [4.69, 9.17) is 14.8 Å². The molecule has 6 heteroatoms. The number of hydrogen-bond donors (Lipinski definition) is 0. The fourth-order valence-corrected chi connectivity index (χ4v) is 7.79. The van der Waals surface area contributed by atoms with Crippen molar-refractivity contribution in [3.05, 3.63) is 180 Å². The second-order valence-corrected chi connectivity index (χ2v) is 14.4. The van der Waals surface area contributed by atoms with E-state index in [-0.39, 0.29) is 21.1 Å². The van der Waals surface area contributed by atoms with E-state index in [0.717, 1.165) is 38.9 Å². The monoisotopic (exact) mass is 907 g/mol. The number of fused-ring (bicyclic) bond motifs is 3. The molecule has 0 spiro atoms. The Kier molecular flexibility index (Phi) is 10.1. The first-order chi connectivity index (χ1) is 26.9. The number of nitrogens with zero attached hydrogens (tertiary/aromatic N) is 4. The van der Waals surface area contributed by atoms with Gasteiger partial charge in [-0.2, -0.15) is 17.2 Å². The molecular weight excluding hydrogens is 868 g/mol. The number of pyridine rings is 1. The SMILES string of the molecule is Cc1c(C)c(-c2ccccc2)c(-c2cnn(-c3[c-]c(Oc4[c-]c5c(cc4)c4ccccc4n5-c4cc(C(C)C)ccn4)ccc3)c2)c(-c2ccccc2)c1C.[Pt+2]. The summed E-state index contributed by atoms with van der Waals surface area (Å²) in [4.78, 5) is 4.79. The first-order valence-electron chi connectivity index (χ1n) is 18.8. The molecule has 0 aliphatic heterocycles. The van der Waals surface area contributed by atoms with E-state index in [2.05, 4.69) is 161 Å². The molecule has 0 N–H and O–H groups in total. The maximum atomic E-state index is 6.50. The van der Waals surface area contributed by atoms with Crippen LogP contribution < -0.4 is 4.74 Å². The minimum atomic E-state index is 0. The molecule has 0 fully saturated rings. The van der Waals surface area contributed by atoms with Gasteiger partial charge >= 0.3 is 21.1 Å². The molecule has 0 bridgehead atoms. The average Bonchev–Trinajstić information content (AvgIpc) is 3.84. The zero-order chi connectivity index (χ0) is 37.6. The second kappa shape index (κ2) is 15.2. The van der Waals surface area contributed by atoms with E-state index < -0.39 is 0 Å². The Hall–Kier alpha value is -6.03. The summed E-state index contributed by atoms with van der Waals surface area (Å²) in [6, 6.07) is 51.1. The number of rotatable bonds is 8. The molecular formula is C50H40N4OPt. The van der Waals surface area contributed by atoms with Crippen LogP contribution in [-0.4, -0.2) is 19.3 Å². The quantitative estimate of drug-likeness (QED) is 0.143. The summed E-state index contributed by atoms with van der Waals surface area (Å²) in [5.41, 5.74) is 14.8. The van der Waals surface area contributed by atoms with Gasteiger partial charge in [0, 0.05) is 40.5 Å². The van der Waals surface area contributed by atoms with Crippen LogP contribution >= 0.6 is 0 Å². The van der Waals surface area contributed by atoms with E-state index in [1.807, 2.05) is 41.3 Å². The summed E-state index contributed by atoms with van der Waals surface area (Å²) in [6.07, 6.45) is 5.96. The van der Waals surface area contributed by atoms with Crippen molar-refractivity contribution >= 4 is 21.8 Å². The van der Waals surface area contributed by atoms with Crippen molar-refractivity contribution in [3.8, 4) is 56.4 Å². The third-order valence-corrected chi connectivity index (χ3v) is 10.8. The minimum Gasteiger partial charge on any atom is -0.509 e. The largest absolute Gasteiger partial charge is 2.00 e. The van der Waals surface area contributed by atoms with Crippen LogP contribution in [0.5, 0.6) is 11.5 Å². The van der Waals surface area contributed by atoms with Gasteiger partial charge < -0.3 is 9.30 Å². The van der Waals surface area contributed by atoms with E-state index in [9.17, 15) is 0 Å². The molecule has 0 saturated carbocycles. The third kappa shape index (κ3) is 6.56. The standard InChI is InChI=1S/C50H40N4O.Pt/c1-32(2)38-25-26-51-47(27-38)54-45-22-13-12-21-43(45)44-24-23-42(29-46(44)54)55-41-20-14-19-40(28-41)53-31-39(30-52-53)50-48(36-15-8-6-9-16-36)34(4)33(3)35(5)49(50)37-17-10-7-11-18-37;/h6-27,30-32H,1-5H3;/q-2;+2. The summed E-state index contributed by atoms with van der Waals surface area (Å²) < 4.78 is 10.6. The van der Waals surface area contributed by atoms with E-state index in [0.29, 0.717) is 17.4 Å². The van der Waals surface area contributed by atoms with Crippen LogP contribution in [0.4, 0.5) is 0 Å². The molecule has 9 rings (SSSR count). The molecule has 6 aromatic carbocycles. The summed E-state index contributed by atoms with van der Waals surface area (Å²) in [7, 11) is 0. The minimum absolute atomic E-state index is 0. The van der Waals surface area contributed by atoms with Gasteiger partial charge in [0.15, 0.2) is 0 Å². The van der Waals surface area contributed by atoms with Gasteiger partial charge in [-0.15, -0.1) is 35.7 Å². The number of hydrogen-bond acceptors (Lipinski definition) is 3. The maximum Gasteiger partial charge on any atom is 2.00 e. The summed E-state index contributed by atoms with van der Waals surface area (Å²) in [5, 5.41) is 7.14. The van der Waals surface area contributed by atoms with Crippen molar-refractivity contribution in [1.29, 1.82) is 0 Å². The average molecular weight is 908 g/mol. The molecule has 3 aromatic heterocycles. The summed E-state index contributed by atoms with van der Waals surface area (Å²) >= 11 is 0. The smallest absolute Gasteiger partial charge is 0.509 e. The van der Waals surface area contributed by atoms with Crippen LogP contribution in [0.15, 0.2) is 146 Å². The second-order valence-electron chi connectivity index (χ2n) is 14.4. The Morgan fingerprint density at radius 1 is 0.607 bits per heavy atom. The Morgan fingerprint density at radius 2 is 1.27 bits per heavy atom. The van der Waals surface area contributed by atoms with Crippen molar-refractivity contribution in [2.24, 2.45) is 0 Å². The van der Waals surface area contributed by atoms with Crippen LogP contribution in [-0.2, 0) is 21.1 Å². The van der Waals surface area contributed by atoms with E-state index in [1.165, 1.54) is 50.1 Å². The molecule has 0 aliphatic carbocycles. The van der Waals surface area contributed by atoms with Crippen LogP contribution in [0.1, 0.15) is 42.0 Å². The zero-order valence-electron chi connectivity index (χ0n) is 31.9. The molecule has 0 amide bonds. The first kappa shape index (κ1) is 36.9. The summed E-state index contributed by atoms with van der Waals surface area (Å²) in [6.45, 7) is 11.1. The predicted octanol–water partition coefficient (Wildman–Crippen LogP) is 12.8. The molecule has 0 saturated heterocycles. The van der Waals surface area contributed by atoms with E-state index in [1.54, 1.807) is 0 Å². The van der Waals surface area contributed by atoms with Crippen molar-refractivity contribution in [1.82, 2.24) is 19.3 Å². The van der Waals surface area contributed by atoms with Gasteiger partial charge in [-0.3, -0.25) is 4.68 Å². The Labute approximate surface area is 342 Å². The molecule has 0 unspecified atom stereocenters. The third-order valence-electron chi connectivity index (χ3n) is 10.8. The maximum absolute atomic E-state index is 6.50. The number of ether oxygens (including phenoxy) is 1. The molecule has 5 nitrogen and oxygen atoms in total. The van der Waals surface area contributed by atoms with Crippen LogP contribution in [0.2, 0.25) is 0 Å². The number of benzene rings is 6. The fraction of sp³-hybridized carbons (Fsp3) is 0.120. The molecule has 9 aromatic rings. The van der Waals surface area contributed by atoms with Gasteiger partial charge in [0.05, 0.1) is 6.20 Å². The predicted molar refractivity (Wildman–Crippen MR) is 224 cm³/mol. The van der Waals surface area contributed by atoms with Crippen molar-refractivity contribution in [2.75, 3.05) is 0 Å². The van der Waals surface area contributed by atoms with Gasteiger partial charge in [0.1, 0.15) is 5.82 Å². The van der Waals surface area contributed by atoms with Gasteiger partial charge in [0.25, 0.3) is 0 Å². The molecule has 56 heavy (non-hydrogen) atoms. The summed E-state index contributed by atoms with van der Waals surface area (Å²) in [5.74, 6) is 2.41. The Morgan fingerprint density at radius 3 is 1.96 bits per heavy atom. The van der Waals surface area contributed by atoms with Crippen LogP contribution in [0.25, 0.3) is 66.7 Å². The van der Waals surface area contributed by atoms with Gasteiger partial charge in [-0.05, 0) is 100 Å². The Bertz CT molecular complexity index is 2790. The molecule has 276 valence electrons. The molecule has 0 aliphatic rings. The first-order valence-corrected chi connectivity index (χ1v) is 18.8. The van der Waals surface area contributed by atoms with Gasteiger partial charge in [-0.1, -0.05) is 98.2 Å².